The highest BCUT2D eigenvalue weighted by Crippen LogP contribution is 2.13. The third-order valence-corrected chi connectivity index (χ3v) is 3.84. The Morgan fingerprint density at radius 2 is 1.10 bits per heavy atom. The van der Waals surface area contributed by atoms with Crippen LogP contribution in [0.2, 0.25) is 0 Å². The fraction of sp³-hybridized carbons (Fsp3) is 0.364. The van der Waals surface area contributed by atoms with Crippen molar-refractivity contribution in [2.45, 2.75) is 40.9 Å². The Kier molecular flexibility index (Phi) is 8.33. The lowest BCUT2D eigenvalue weighted by Crippen LogP contribution is -2.27. The minimum atomic E-state index is -1.24. The standard InChI is InChI=1S/C22H26O7/c1-6-25-13-20(26-28-21(23)18-9-14(2)7-15(3)10-18)27-29-22(24)19-11-16(4)8-17(5)12-19/h7-12,20H,6,13H2,1-5H3. The molecule has 0 N–H and O–H groups in total. The molecule has 0 aliphatic rings. The predicted molar refractivity (Wildman–Crippen MR) is 105 cm³/mol. The zero-order valence-electron chi connectivity index (χ0n) is 17.3. The van der Waals surface area contributed by atoms with Crippen LogP contribution in [0.25, 0.3) is 0 Å². The Morgan fingerprint density at radius 3 is 1.45 bits per heavy atom. The lowest BCUT2D eigenvalue weighted by Gasteiger charge is -2.15. The molecule has 0 fully saturated rings. The molecular formula is C22H26O7. The predicted octanol–water partition coefficient (Wildman–Crippen LogP) is 4.16. The van der Waals surface area contributed by atoms with E-state index in [1.165, 1.54) is 0 Å². The molecule has 2 aromatic rings. The highest BCUT2D eigenvalue weighted by atomic mass is 17.3. The van der Waals surface area contributed by atoms with Gasteiger partial charge in [0.2, 0.25) is 0 Å². The van der Waals surface area contributed by atoms with Gasteiger partial charge in [-0.1, -0.05) is 34.4 Å². The van der Waals surface area contributed by atoms with Crippen molar-refractivity contribution in [2.24, 2.45) is 0 Å². The quantitative estimate of drug-likeness (QED) is 0.354. The number of hydrogen-bond acceptors (Lipinski definition) is 7. The van der Waals surface area contributed by atoms with Gasteiger partial charge in [-0.3, -0.25) is 9.78 Å². The summed E-state index contributed by atoms with van der Waals surface area (Å²) in [4.78, 5) is 44.1. The minimum absolute atomic E-state index is 0.100. The van der Waals surface area contributed by atoms with Gasteiger partial charge in [0.05, 0.1) is 11.1 Å². The maximum Gasteiger partial charge on any atom is 0.373 e. The monoisotopic (exact) mass is 402 g/mol. The topological polar surface area (TPSA) is 80.3 Å². The summed E-state index contributed by atoms with van der Waals surface area (Å²) in [7, 11) is 0. The largest absolute Gasteiger partial charge is 0.376 e. The number of ether oxygens (including phenoxy) is 1. The van der Waals surface area contributed by atoms with Crippen molar-refractivity contribution >= 4 is 11.9 Å². The van der Waals surface area contributed by atoms with Crippen LogP contribution in [0.4, 0.5) is 0 Å². The van der Waals surface area contributed by atoms with E-state index in [0.717, 1.165) is 22.3 Å². The van der Waals surface area contributed by atoms with Crippen molar-refractivity contribution < 1.29 is 33.9 Å². The molecule has 0 saturated carbocycles. The average molecular weight is 402 g/mol. The van der Waals surface area contributed by atoms with E-state index in [2.05, 4.69) is 0 Å². The molecule has 7 heteroatoms. The van der Waals surface area contributed by atoms with Gasteiger partial charge in [0.15, 0.2) is 0 Å². The fourth-order valence-electron chi connectivity index (χ4n) is 2.76. The molecule has 0 unspecified atom stereocenters. The van der Waals surface area contributed by atoms with Crippen LogP contribution in [0, 0.1) is 27.7 Å². The first kappa shape index (κ1) is 22.5. The molecule has 0 radical (unpaired) electrons. The van der Waals surface area contributed by atoms with Crippen LogP contribution in [0.1, 0.15) is 49.9 Å². The van der Waals surface area contributed by atoms with Crippen LogP contribution in [0.15, 0.2) is 36.4 Å². The van der Waals surface area contributed by atoms with Crippen LogP contribution in [-0.2, 0) is 24.3 Å². The second-order valence-corrected chi connectivity index (χ2v) is 6.78. The summed E-state index contributed by atoms with van der Waals surface area (Å²) >= 11 is 0. The third kappa shape index (κ3) is 7.30. The van der Waals surface area contributed by atoms with Gasteiger partial charge >= 0.3 is 11.9 Å². The van der Waals surface area contributed by atoms with Crippen molar-refractivity contribution in [2.75, 3.05) is 13.2 Å². The number of rotatable bonds is 9. The molecule has 0 atom stereocenters. The summed E-state index contributed by atoms with van der Waals surface area (Å²) < 4.78 is 5.22. The zero-order chi connectivity index (χ0) is 21.4. The smallest absolute Gasteiger partial charge is 0.373 e. The second kappa shape index (κ2) is 10.7. The van der Waals surface area contributed by atoms with Crippen molar-refractivity contribution in [1.29, 1.82) is 0 Å². The van der Waals surface area contributed by atoms with E-state index in [1.54, 1.807) is 31.2 Å². The van der Waals surface area contributed by atoms with Crippen LogP contribution >= 0.6 is 0 Å². The van der Waals surface area contributed by atoms with Gasteiger partial charge in [0, 0.05) is 6.61 Å². The molecule has 0 bridgehead atoms. The Labute approximate surface area is 170 Å². The van der Waals surface area contributed by atoms with Crippen molar-refractivity contribution in [1.82, 2.24) is 0 Å². The summed E-state index contributed by atoms with van der Waals surface area (Å²) in [5, 5.41) is 0. The Hall–Kier alpha value is -2.74. The molecule has 0 saturated heterocycles. The van der Waals surface area contributed by atoms with Gasteiger partial charge in [0.25, 0.3) is 6.29 Å². The highest BCUT2D eigenvalue weighted by molar-refractivity contribution is 5.90. The minimum Gasteiger partial charge on any atom is -0.376 e. The summed E-state index contributed by atoms with van der Waals surface area (Å²) in [5.74, 6) is -1.38. The van der Waals surface area contributed by atoms with Gasteiger partial charge < -0.3 is 4.74 Å². The van der Waals surface area contributed by atoms with Gasteiger partial charge in [-0.25, -0.2) is 9.59 Å². The molecule has 0 amide bonds. The molecule has 2 rings (SSSR count). The van der Waals surface area contributed by atoms with E-state index >= 15 is 0 Å². The number of benzene rings is 2. The molecule has 29 heavy (non-hydrogen) atoms. The normalized spacial score (nSPS) is 10.8. The molecule has 0 aliphatic carbocycles. The first-order valence-electron chi connectivity index (χ1n) is 9.28. The van der Waals surface area contributed by atoms with Gasteiger partial charge in [-0.15, -0.1) is 9.78 Å². The van der Waals surface area contributed by atoms with E-state index in [1.807, 2.05) is 39.8 Å². The van der Waals surface area contributed by atoms with Crippen LogP contribution in [0.5, 0.6) is 0 Å². The Balaban J connectivity index is 1.96. The van der Waals surface area contributed by atoms with E-state index in [-0.39, 0.29) is 6.61 Å². The Morgan fingerprint density at radius 1 is 0.724 bits per heavy atom. The van der Waals surface area contributed by atoms with Crippen molar-refractivity contribution in [3.63, 3.8) is 0 Å². The fourth-order valence-corrected chi connectivity index (χ4v) is 2.76. The lowest BCUT2D eigenvalue weighted by molar-refractivity contribution is -0.426. The van der Waals surface area contributed by atoms with E-state index in [9.17, 15) is 9.59 Å². The lowest BCUT2D eigenvalue weighted by atomic mass is 10.1. The first-order valence-corrected chi connectivity index (χ1v) is 9.28. The first-order chi connectivity index (χ1) is 13.8. The molecule has 7 nitrogen and oxygen atoms in total. The van der Waals surface area contributed by atoms with Crippen LogP contribution in [0.3, 0.4) is 0 Å². The molecule has 0 aromatic heterocycles. The average Bonchev–Trinajstić information content (AvgIpc) is 2.65. The second-order valence-electron chi connectivity index (χ2n) is 6.78. The van der Waals surface area contributed by atoms with Crippen LogP contribution < -0.4 is 0 Å². The summed E-state index contributed by atoms with van der Waals surface area (Å²) in [6, 6.07) is 10.6. The van der Waals surface area contributed by atoms with Gasteiger partial charge in [-0.2, -0.15) is 0 Å². The molecule has 0 aliphatic heterocycles. The van der Waals surface area contributed by atoms with E-state index < -0.39 is 18.2 Å². The third-order valence-electron chi connectivity index (χ3n) is 3.84. The molecule has 0 spiro atoms. The van der Waals surface area contributed by atoms with E-state index in [4.69, 9.17) is 24.3 Å². The molecule has 156 valence electrons. The van der Waals surface area contributed by atoms with E-state index in [0.29, 0.717) is 17.7 Å². The summed E-state index contributed by atoms with van der Waals surface area (Å²) in [6.45, 7) is 9.54. The highest BCUT2D eigenvalue weighted by Gasteiger charge is 2.20. The summed E-state index contributed by atoms with van der Waals surface area (Å²) in [6.07, 6.45) is -1.24. The number of aryl methyl sites for hydroxylation is 4. The maximum absolute atomic E-state index is 12.2. The number of carbonyl (C=O) groups is 2. The molecular weight excluding hydrogens is 376 g/mol. The number of carbonyl (C=O) groups excluding carboxylic acids is 2. The number of hydrogen-bond donors (Lipinski definition) is 0. The molecule has 2 aromatic carbocycles. The van der Waals surface area contributed by atoms with Crippen molar-refractivity contribution in [3.05, 3.63) is 69.8 Å². The Bertz CT molecular complexity index is 752. The SMILES string of the molecule is CCOCC(OOC(=O)c1cc(C)cc(C)c1)OOC(=O)c1cc(C)cc(C)c1. The summed E-state index contributed by atoms with van der Waals surface area (Å²) in [5.41, 5.74) is 4.35. The van der Waals surface area contributed by atoms with Gasteiger partial charge in [-0.05, 0) is 58.9 Å². The maximum atomic E-state index is 12.2. The van der Waals surface area contributed by atoms with Crippen LogP contribution in [-0.4, -0.2) is 31.4 Å². The van der Waals surface area contributed by atoms with Crippen molar-refractivity contribution in [3.8, 4) is 0 Å². The molecule has 0 heterocycles. The zero-order valence-corrected chi connectivity index (χ0v) is 17.3. The van der Waals surface area contributed by atoms with Gasteiger partial charge in [0.1, 0.15) is 6.61 Å².